The summed E-state index contributed by atoms with van der Waals surface area (Å²) in [6.45, 7) is 3.77. The molecule has 0 aromatic carbocycles. The van der Waals surface area contributed by atoms with Gasteiger partial charge in [-0.15, -0.1) is 0 Å². The summed E-state index contributed by atoms with van der Waals surface area (Å²) in [5.74, 6) is 0.388. The second kappa shape index (κ2) is 3.90. The maximum atomic E-state index is 8.61. The molecule has 1 atom stereocenters. The van der Waals surface area contributed by atoms with Gasteiger partial charge in [0.1, 0.15) is 17.7 Å². The van der Waals surface area contributed by atoms with Crippen LogP contribution in [0.3, 0.4) is 0 Å². The van der Waals surface area contributed by atoms with Gasteiger partial charge in [0.2, 0.25) is 0 Å². The summed E-state index contributed by atoms with van der Waals surface area (Å²) >= 11 is 0. The van der Waals surface area contributed by atoms with Gasteiger partial charge in [-0.25, -0.2) is 0 Å². The molecule has 0 saturated carbocycles. The van der Waals surface area contributed by atoms with Crippen molar-refractivity contribution >= 4 is 0 Å². The first kappa shape index (κ1) is 8.77. The van der Waals surface area contributed by atoms with E-state index in [1.165, 1.54) is 0 Å². The molecule has 0 aliphatic carbocycles. The maximum absolute atomic E-state index is 8.61. The van der Waals surface area contributed by atoms with Crippen LogP contribution in [-0.4, -0.2) is 13.1 Å². The SMILES string of the molecule is CC(=C(C#N)C#N)C1CCNC1. The largest absolute Gasteiger partial charge is 0.316 e. The Balaban J connectivity index is 2.81. The van der Waals surface area contributed by atoms with Crippen molar-refractivity contribution in [2.45, 2.75) is 13.3 Å². The molecule has 12 heavy (non-hydrogen) atoms. The topological polar surface area (TPSA) is 59.6 Å². The Morgan fingerprint density at radius 1 is 1.42 bits per heavy atom. The molecule has 1 fully saturated rings. The van der Waals surface area contributed by atoms with Crippen LogP contribution < -0.4 is 5.32 Å². The molecule has 0 aromatic rings. The average molecular weight is 161 g/mol. The van der Waals surface area contributed by atoms with Gasteiger partial charge in [0.25, 0.3) is 0 Å². The average Bonchev–Trinajstić information content (AvgIpc) is 2.58. The Hall–Kier alpha value is -1.32. The van der Waals surface area contributed by atoms with Crippen molar-refractivity contribution in [3.05, 3.63) is 11.1 Å². The Morgan fingerprint density at radius 2 is 2.08 bits per heavy atom. The van der Waals surface area contributed by atoms with E-state index in [0.717, 1.165) is 25.1 Å². The highest BCUT2D eigenvalue weighted by atomic mass is 14.9. The van der Waals surface area contributed by atoms with E-state index >= 15 is 0 Å². The third-order valence-corrected chi connectivity index (χ3v) is 2.29. The summed E-state index contributed by atoms with van der Waals surface area (Å²) in [6, 6.07) is 3.84. The van der Waals surface area contributed by atoms with Gasteiger partial charge in [0.15, 0.2) is 0 Å². The zero-order valence-electron chi connectivity index (χ0n) is 7.09. The lowest BCUT2D eigenvalue weighted by Gasteiger charge is -2.07. The molecular weight excluding hydrogens is 150 g/mol. The predicted molar refractivity (Wildman–Crippen MR) is 44.9 cm³/mol. The number of nitrogens with one attached hydrogen (secondary N) is 1. The number of hydrogen-bond acceptors (Lipinski definition) is 3. The minimum Gasteiger partial charge on any atom is -0.316 e. The van der Waals surface area contributed by atoms with E-state index < -0.39 is 0 Å². The molecule has 1 N–H and O–H groups in total. The minimum atomic E-state index is 0.281. The Kier molecular flexibility index (Phi) is 2.85. The molecule has 3 heteroatoms. The normalized spacial score (nSPS) is 21.1. The van der Waals surface area contributed by atoms with Crippen LogP contribution >= 0.6 is 0 Å². The van der Waals surface area contributed by atoms with Crippen LogP contribution in [0.2, 0.25) is 0 Å². The smallest absolute Gasteiger partial charge is 0.128 e. The Labute approximate surface area is 72.3 Å². The van der Waals surface area contributed by atoms with E-state index in [2.05, 4.69) is 5.32 Å². The van der Waals surface area contributed by atoms with Gasteiger partial charge in [-0.3, -0.25) is 0 Å². The standard InChI is InChI=1S/C9H11N3/c1-7(9(4-10)5-11)8-2-3-12-6-8/h8,12H,2-3,6H2,1H3. The van der Waals surface area contributed by atoms with E-state index in [9.17, 15) is 0 Å². The summed E-state index contributed by atoms with van der Waals surface area (Å²) in [7, 11) is 0. The van der Waals surface area contributed by atoms with E-state index in [4.69, 9.17) is 10.5 Å². The summed E-state index contributed by atoms with van der Waals surface area (Å²) in [4.78, 5) is 0. The molecule has 1 rings (SSSR count). The molecule has 1 aliphatic heterocycles. The highest BCUT2D eigenvalue weighted by molar-refractivity contribution is 5.40. The second-order valence-corrected chi connectivity index (χ2v) is 2.97. The number of hydrogen-bond donors (Lipinski definition) is 1. The first-order valence-corrected chi connectivity index (χ1v) is 4.01. The fourth-order valence-electron chi connectivity index (χ4n) is 1.43. The fraction of sp³-hybridized carbons (Fsp3) is 0.556. The molecule has 1 unspecified atom stereocenters. The Bertz CT molecular complexity index is 255. The van der Waals surface area contributed by atoms with Crippen molar-refractivity contribution in [1.29, 1.82) is 10.5 Å². The van der Waals surface area contributed by atoms with Crippen LogP contribution in [0.5, 0.6) is 0 Å². The number of rotatable bonds is 1. The molecule has 0 spiro atoms. The second-order valence-electron chi connectivity index (χ2n) is 2.97. The number of allylic oxidation sites excluding steroid dienone is 1. The van der Waals surface area contributed by atoms with Crippen LogP contribution in [0.25, 0.3) is 0 Å². The molecular formula is C9H11N3. The highest BCUT2D eigenvalue weighted by Crippen LogP contribution is 2.20. The minimum absolute atomic E-state index is 0.281. The van der Waals surface area contributed by atoms with Gasteiger partial charge < -0.3 is 5.32 Å². The van der Waals surface area contributed by atoms with E-state index in [1.54, 1.807) is 0 Å². The predicted octanol–water partition coefficient (Wildman–Crippen LogP) is 0.960. The van der Waals surface area contributed by atoms with Crippen LogP contribution in [-0.2, 0) is 0 Å². The van der Waals surface area contributed by atoms with Crippen LogP contribution in [0, 0.1) is 28.6 Å². The van der Waals surface area contributed by atoms with Crippen molar-refractivity contribution < 1.29 is 0 Å². The molecule has 0 radical (unpaired) electrons. The monoisotopic (exact) mass is 161 g/mol. The molecule has 1 aliphatic rings. The maximum Gasteiger partial charge on any atom is 0.128 e. The van der Waals surface area contributed by atoms with Gasteiger partial charge >= 0.3 is 0 Å². The van der Waals surface area contributed by atoms with Gasteiger partial charge in [-0.2, -0.15) is 10.5 Å². The molecule has 0 bridgehead atoms. The molecule has 0 aromatic heterocycles. The van der Waals surface area contributed by atoms with Crippen LogP contribution in [0.15, 0.2) is 11.1 Å². The quantitative estimate of drug-likeness (QED) is 0.583. The summed E-state index contributed by atoms with van der Waals surface area (Å²) in [6.07, 6.45) is 1.04. The molecule has 1 saturated heterocycles. The molecule has 1 heterocycles. The third kappa shape index (κ3) is 1.64. The van der Waals surface area contributed by atoms with Gasteiger partial charge in [-0.05, 0) is 31.4 Å². The van der Waals surface area contributed by atoms with Crippen molar-refractivity contribution in [3.63, 3.8) is 0 Å². The van der Waals surface area contributed by atoms with Gasteiger partial charge in [0.05, 0.1) is 0 Å². The first-order valence-electron chi connectivity index (χ1n) is 4.01. The summed E-state index contributed by atoms with van der Waals surface area (Å²) in [5, 5.41) is 20.4. The van der Waals surface area contributed by atoms with E-state index in [0.29, 0.717) is 5.92 Å². The fourth-order valence-corrected chi connectivity index (χ4v) is 1.43. The van der Waals surface area contributed by atoms with Crippen molar-refractivity contribution in [2.75, 3.05) is 13.1 Å². The third-order valence-electron chi connectivity index (χ3n) is 2.29. The Morgan fingerprint density at radius 3 is 2.50 bits per heavy atom. The lowest BCUT2D eigenvalue weighted by Crippen LogP contribution is -2.10. The summed E-state index contributed by atoms with van der Waals surface area (Å²) < 4.78 is 0. The zero-order valence-corrected chi connectivity index (χ0v) is 7.09. The molecule has 0 amide bonds. The lowest BCUT2D eigenvalue weighted by molar-refractivity contribution is 0.679. The zero-order chi connectivity index (χ0) is 8.97. The van der Waals surface area contributed by atoms with Gasteiger partial charge in [0, 0.05) is 6.54 Å². The molecule has 3 nitrogen and oxygen atoms in total. The van der Waals surface area contributed by atoms with Gasteiger partial charge in [-0.1, -0.05) is 0 Å². The summed E-state index contributed by atoms with van der Waals surface area (Å²) in [5.41, 5.74) is 1.22. The van der Waals surface area contributed by atoms with E-state index in [1.807, 2.05) is 19.1 Å². The lowest BCUT2D eigenvalue weighted by atomic mass is 9.96. The van der Waals surface area contributed by atoms with Crippen molar-refractivity contribution in [1.82, 2.24) is 5.32 Å². The number of nitrogens with zero attached hydrogens (tertiary/aromatic N) is 2. The van der Waals surface area contributed by atoms with Crippen molar-refractivity contribution in [2.24, 2.45) is 5.92 Å². The first-order chi connectivity index (χ1) is 5.79. The van der Waals surface area contributed by atoms with Crippen LogP contribution in [0.1, 0.15) is 13.3 Å². The molecule has 62 valence electrons. The number of nitriles is 2. The van der Waals surface area contributed by atoms with Crippen molar-refractivity contribution in [3.8, 4) is 12.1 Å². The van der Waals surface area contributed by atoms with Crippen LogP contribution in [0.4, 0.5) is 0 Å². The van der Waals surface area contributed by atoms with E-state index in [-0.39, 0.29) is 5.57 Å². The highest BCUT2D eigenvalue weighted by Gasteiger charge is 2.18.